The summed E-state index contributed by atoms with van der Waals surface area (Å²) in [5.74, 6) is -2.03. The lowest BCUT2D eigenvalue weighted by molar-refractivity contribution is 0.0691. The number of methoxy groups -OCH3 is 1. The first-order chi connectivity index (χ1) is 9.83. The Bertz CT molecular complexity index is 785. The molecule has 0 aliphatic heterocycles. The van der Waals surface area contributed by atoms with E-state index in [-0.39, 0.29) is 22.0 Å². The molecule has 1 aromatic heterocycles. The highest BCUT2D eigenvalue weighted by atomic mass is 32.2. The van der Waals surface area contributed by atoms with Crippen LogP contribution in [0.2, 0.25) is 0 Å². The number of halogens is 1. The van der Waals surface area contributed by atoms with Crippen molar-refractivity contribution in [2.45, 2.75) is 4.90 Å². The normalized spacial score (nSPS) is 11.1. The largest absolute Gasteiger partial charge is 0.494 e. The van der Waals surface area contributed by atoms with E-state index < -0.39 is 21.8 Å². The van der Waals surface area contributed by atoms with Gasteiger partial charge in [0.05, 0.1) is 12.8 Å². The summed E-state index contributed by atoms with van der Waals surface area (Å²) in [6, 6.07) is 4.52. The third kappa shape index (κ3) is 3.14. The van der Waals surface area contributed by atoms with Gasteiger partial charge in [0.1, 0.15) is 10.6 Å². The minimum Gasteiger partial charge on any atom is -0.494 e. The number of carboxylic acids is 1. The van der Waals surface area contributed by atoms with Crippen molar-refractivity contribution in [2.24, 2.45) is 0 Å². The van der Waals surface area contributed by atoms with Crippen molar-refractivity contribution in [2.75, 3.05) is 11.8 Å². The number of carbonyl (C=O) groups is 1. The average Bonchev–Trinajstić information content (AvgIpc) is 2.89. The van der Waals surface area contributed by atoms with Gasteiger partial charge in [0.25, 0.3) is 10.0 Å². The molecule has 21 heavy (non-hydrogen) atoms. The van der Waals surface area contributed by atoms with Gasteiger partial charge in [-0.05, 0) is 18.2 Å². The Labute approximate surface area is 119 Å². The number of aromatic nitrogens is 1. The van der Waals surface area contributed by atoms with Gasteiger partial charge in [-0.2, -0.15) is 0 Å². The lowest BCUT2D eigenvalue weighted by Crippen LogP contribution is -2.12. The van der Waals surface area contributed by atoms with Crippen molar-refractivity contribution in [3.8, 4) is 5.75 Å². The van der Waals surface area contributed by atoms with Crippen LogP contribution in [-0.2, 0) is 10.0 Å². The molecule has 2 rings (SSSR count). The number of benzene rings is 1. The Hall–Kier alpha value is -2.55. The van der Waals surface area contributed by atoms with E-state index in [2.05, 4.69) is 9.71 Å². The predicted molar refractivity (Wildman–Crippen MR) is 71.5 cm³/mol. The monoisotopic (exact) mass is 314 g/mol. The number of H-pyrrole nitrogens is 1. The van der Waals surface area contributed by atoms with Gasteiger partial charge in [0, 0.05) is 12.3 Å². The first-order valence-electron chi connectivity index (χ1n) is 5.61. The fourth-order valence-corrected chi connectivity index (χ4v) is 2.64. The molecule has 9 heteroatoms. The number of aromatic carboxylic acids is 1. The molecule has 0 aliphatic carbocycles. The molecular formula is C12H11FN2O5S. The van der Waals surface area contributed by atoms with Crippen LogP contribution in [0, 0.1) is 5.82 Å². The number of anilines is 1. The maximum Gasteiger partial charge on any atom is 0.352 e. The summed E-state index contributed by atoms with van der Waals surface area (Å²) >= 11 is 0. The molecule has 0 saturated heterocycles. The Balaban J connectivity index is 2.28. The zero-order chi connectivity index (χ0) is 15.6. The summed E-state index contributed by atoms with van der Waals surface area (Å²) in [6.07, 6.45) is 1.03. The van der Waals surface area contributed by atoms with Crippen molar-refractivity contribution < 1.29 is 27.4 Å². The standard InChI is InChI=1S/C12H11FN2O5S/c1-20-11-3-2-7(4-9(11)13)15-21(18,19)8-5-10(12(16)17)14-6-8/h2-6,14-15H,1H3,(H,16,17). The van der Waals surface area contributed by atoms with E-state index >= 15 is 0 Å². The van der Waals surface area contributed by atoms with Crippen molar-refractivity contribution in [1.29, 1.82) is 0 Å². The number of sulfonamides is 1. The molecule has 112 valence electrons. The van der Waals surface area contributed by atoms with E-state index in [0.717, 1.165) is 18.3 Å². The second-order valence-corrected chi connectivity index (χ2v) is 5.69. The number of ether oxygens (including phenoxy) is 1. The van der Waals surface area contributed by atoms with Gasteiger partial charge in [0.15, 0.2) is 11.6 Å². The highest BCUT2D eigenvalue weighted by Gasteiger charge is 2.19. The van der Waals surface area contributed by atoms with Gasteiger partial charge < -0.3 is 14.8 Å². The summed E-state index contributed by atoms with van der Waals surface area (Å²) in [7, 11) is -2.73. The van der Waals surface area contributed by atoms with E-state index in [1.807, 2.05) is 0 Å². The minimum atomic E-state index is -4.01. The maximum absolute atomic E-state index is 13.5. The van der Waals surface area contributed by atoms with E-state index in [1.54, 1.807) is 0 Å². The Morgan fingerprint density at radius 3 is 2.62 bits per heavy atom. The Morgan fingerprint density at radius 2 is 2.10 bits per heavy atom. The third-order valence-corrected chi connectivity index (χ3v) is 3.96. The highest BCUT2D eigenvalue weighted by molar-refractivity contribution is 7.92. The molecule has 0 amide bonds. The Morgan fingerprint density at radius 1 is 1.38 bits per heavy atom. The van der Waals surface area contributed by atoms with E-state index in [0.29, 0.717) is 0 Å². The van der Waals surface area contributed by atoms with Gasteiger partial charge in [-0.25, -0.2) is 17.6 Å². The van der Waals surface area contributed by atoms with Crippen LogP contribution >= 0.6 is 0 Å². The molecule has 1 aromatic carbocycles. The molecule has 0 spiro atoms. The first kappa shape index (κ1) is 14.9. The van der Waals surface area contributed by atoms with Crippen LogP contribution in [0.3, 0.4) is 0 Å². The van der Waals surface area contributed by atoms with Crippen LogP contribution in [0.25, 0.3) is 0 Å². The summed E-state index contributed by atoms with van der Waals surface area (Å²) in [5, 5.41) is 8.74. The number of hydrogen-bond donors (Lipinski definition) is 3. The van der Waals surface area contributed by atoms with E-state index in [1.165, 1.54) is 19.2 Å². The van der Waals surface area contributed by atoms with Crippen LogP contribution in [0.4, 0.5) is 10.1 Å². The van der Waals surface area contributed by atoms with Crippen LogP contribution in [-0.4, -0.2) is 31.6 Å². The van der Waals surface area contributed by atoms with Crippen LogP contribution < -0.4 is 9.46 Å². The molecular weight excluding hydrogens is 303 g/mol. The smallest absolute Gasteiger partial charge is 0.352 e. The molecule has 1 heterocycles. The molecule has 7 nitrogen and oxygen atoms in total. The topological polar surface area (TPSA) is 108 Å². The van der Waals surface area contributed by atoms with Crippen LogP contribution in [0.5, 0.6) is 5.75 Å². The molecule has 0 unspecified atom stereocenters. The molecule has 0 radical (unpaired) electrons. The fraction of sp³-hybridized carbons (Fsp3) is 0.0833. The SMILES string of the molecule is COc1ccc(NS(=O)(=O)c2c[nH]c(C(=O)O)c2)cc1F. The lowest BCUT2D eigenvalue weighted by Gasteiger charge is -2.08. The first-order valence-corrected chi connectivity index (χ1v) is 7.10. The van der Waals surface area contributed by atoms with Gasteiger partial charge in [-0.1, -0.05) is 0 Å². The molecule has 3 N–H and O–H groups in total. The second-order valence-electron chi connectivity index (χ2n) is 4.01. The molecule has 0 atom stereocenters. The molecule has 2 aromatic rings. The van der Waals surface area contributed by atoms with Gasteiger partial charge >= 0.3 is 5.97 Å². The molecule has 0 saturated carbocycles. The summed E-state index contributed by atoms with van der Waals surface area (Å²) in [6.45, 7) is 0. The zero-order valence-electron chi connectivity index (χ0n) is 10.8. The number of nitrogens with one attached hydrogen (secondary N) is 2. The van der Waals surface area contributed by atoms with Gasteiger partial charge in [-0.3, -0.25) is 4.72 Å². The van der Waals surface area contributed by atoms with E-state index in [4.69, 9.17) is 9.84 Å². The van der Waals surface area contributed by atoms with Crippen molar-refractivity contribution in [3.63, 3.8) is 0 Å². The molecule has 0 fully saturated rings. The van der Waals surface area contributed by atoms with E-state index in [9.17, 15) is 17.6 Å². The summed E-state index contributed by atoms with van der Waals surface area (Å²) < 4.78 is 44.4. The zero-order valence-corrected chi connectivity index (χ0v) is 11.6. The summed E-state index contributed by atoms with van der Waals surface area (Å²) in [4.78, 5) is 12.8. The fourth-order valence-electron chi connectivity index (χ4n) is 1.60. The maximum atomic E-state index is 13.5. The molecule has 0 bridgehead atoms. The average molecular weight is 314 g/mol. The second kappa shape index (κ2) is 5.44. The quantitative estimate of drug-likeness (QED) is 0.778. The highest BCUT2D eigenvalue weighted by Crippen LogP contribution is 2.23. The molecule has 0 aliphatic rings. The van der Waals surface area contributed by atoms with Crippen molar-refractivity contribution in [1.82, 2.24) is 4.98 Å². The van der Waals surface area contributed by atoms with Crippen LogP contribution in [0.15, 0.2) is 35.4 Å². The van der Waals surface area contributed by atoms with Gasteiger partial charge in [0.2, 0.25) is 0 Å². The summed E-state index contributed by atoms with van der Waals surface area (Å²) in [5.41, 5.74) is -0.275. The van der Waals surface area contributed by atoms with Crippen LogP contribution in [0.1, 0.15) is 10.5 Å². The number of aromatic amines is 1. The van der Waals surface area contributed by atoms with Crippen molar-refractivity contribution in [3.05, 3.63) is 42.0 Å². The number of carboxylic acid groups (broad SMARTS) is 1. The van der Waals surface area contributed by atoms with Crippen molar-refractivity contribution >= 4 is 21.7 Å². The Kier molecular flexibility index (Phi) is 3.85. The van der Waals surface area contributed by atoms with Gasteiger partial charge in [-0.15, -0.1) is 0 Å². The minimum absolute atomic E-state index is 0.00799. The predicted octanol–water partition coefficient (Wildman–Crippen LogP) is 1.66. The lowest BCUT2D eigenvalue weighted by atomic mass is 10.3. The third-order valence-electron chi connectivity index (χ3n) is 2.60. The number of hydrogen-bond acceptors (Lipinski definition) is 4. The number of rotatable bonds is 5.